The van der Waals surface area contributed by atoms with E-state index in [1.807, 2.05) is 24.3 Å². The molecule has 0 aliphatic rings. The molecular formula is C14H20O3. The van der Waals surface area contributed by atoms with E-state index in [1.54, 1.807) is 6.92 Å². The van der Waals surface area contributed by atoms with Crippen molar-refractivity contribution in [3.63, 3.8) is 0 Å². The maximum absolute atomic E-state index is 10.7. The number of aliphatic carboxylic acids is 1. The van der Waals surface area contributed by atoms with Crippen molar-refractivity contribution in [2.75, 3.05) is 6.61 Å². The van der Waals surface area contributed by atoms with Gasteiger partial charge in [-0.2, -0.15) is 0 Å². The molecule has 0 radical (unpaired) electrons. The van der Waals surface area contributed by atoms with Crippen LogP contribution < -0.4 is 4.74 Å². The van der Waals surface area contributed by atoms with E-state index in [1.165, 1.54) is 0 Å². The van der Waals surface area contributed by atoms with Crippen molar-refractivity contribution >= 4 is 5.97 Å². The zero-order valence-electron chi connectivity index (χ0n) is 10.6. The molecule has 1 aromatic rings. The normalized spacial score (nSPS) is 12.5. The molecule has 1 unspecified atom stereocenters. The van der Waals surface area contributed by atoms with Crippen LogP contribution in [0.3, 0.4) is 0 Å². The van der Waals surface area contributed by atoms with Gasteiger partial charge in [0.15, 0.2) is 0 Å². The van der Waals surface area contributed by atoms with Crippen molar-refractivity contribution in [2.24, 2.45) is 11.8 Å². The average molecular weight is 236 g/mol. The summed E-state index contributed by atoms with van der Waals surface area (Å²) in [5.41, 5.74) is 1.02. The fourth-order valence-electron chi connectivity index (χ4n) is 1.43. The first kappa shape index (κ1) is 13.6. The van der Waals surface area contributed by atoms with Gasteiger partial charge in [-0.1, -0.05) is 32.9 Å². The zero-order chi connectivity index (χ0) is 12.8. The number of rotatable bonds is 6. The van der Waals surface area contributed by atoms with Crippen molar-refractivity contribution in [2.45, 2.75) is 27.2 Å². The molecule has 94 valence electrons. The van der Waals surface area contributed by atoms with Gasteiger partial charge in [0.25, 0.3) is 0 Å². The van der Waals surface area contributed by atoms with Gasteiger partial charge in [-0.3, -0.25) is 4.79 Å². The van der Waals surface area contributed by atoms with Gasteiger partial charge >= 0.3 is 5.97 Å². The van der Waals surface area contributed by atoms with E-state index in [9.17, 15) is 4.79 Å². The molecular weight excluding hydrogens is 216 g/mol. The Morgan fingerprint density at radius 3 is 2.29 bits per heavy atom. The van der Waals surface area contributed by atoms with E-state index in [0.29, 0.717) is 18.9 Å². The fourth-order valence-corrected chi connectivity index (χ4v) is 1.43. The topological polar surface area (TPSA) is 46.5 Å². The van der Waals surface area contributed by atoms with E-state index >= 15 is 0 Å². The summed E-state index contributed by atoms with van der Waals surface area (Å²) in [6.07, 6.45) is 0.555. The largest absolute Gasteiger partial charge is 0.493 e. The summed E-state index contributed by atoms with van der Waals surface area (Å²) in [5, 5.41) is 8.82. The number of carboxylic acids is 1. The predicted octanol–water partition coefficient (Wildman–Crippen LogP) is 2.98. The first-order valence-electron chi connectivity index (χ1n) is 5.93. The highest BCUT2D eigenvalue weighted by Gasteiger charge is 2.11. The van der Waals surface area contributed by atoms with Gasteiger partial charge in [0, 0.05) is 0 Å². The highest BCUT2D eigenvalue weighted by atomic mass is 16.5. The second kappa shape index (κ2) is 6.28. The smallest absolute Gasteiger partial charge is 0.306 e. The molecule has 1 N–H and O–H groups in total. The Kier molecular flexibility index (Phi) is 5.01. The third kappa shape index (κ3) is 4.89. The Morgan fingerprint density at radius 2 is 1.82 bits per heavy atom. The van der Waals surface area contributed by atoms with Gasteiger partial charge in [0.2, 0.25) is 0 Å². The zero-order valence-corrected chi connectivity index (χ0v) is 10.6. The lowest BCUT2D eigenvalue weighted by molar-refractivity contribution is -0.141. The van der Waals surface area contributed by atoms with Crippen LogP contribution in [0.2, 0.25) is 0 Å². The maximum atomic E-state index is 10.7. The Balaban J connectivity index is 2.53. The molecule has 0 aliphatic heterocycles. The standard InChI is InChI=1S/C14H20O3/c1-10(2)9-17-13-6-4-12(5-7-13)8-11(3)14(15)16/h4-7,10-11H,8-9H2,1-3H3,(H,15,16). The average Bonchev–Trinajstić information content (AvgIpc) is 2.28. The summed E-state index contributed by atoms with van der Waals surface area (Å²) in [4.78, 5) is 10.7. The van der Waals surface area contributed by atoms with Gasteiger partial charge < -0.3 is 9.84 Å². The van der Waals surface area contributed by atoms with Crippen molar-refractivity contribution < 1.29 is 14.6 Å². The molecule has 17 heavy (non-hydrogen) atoms. The lowest BCUT2D eigenvalue weighted by atomic mass is 10.0. The molecule has 0 bridgehead atoms. The molecule has 0 aliphatic carbocycles. The summed E-state index contributed by atoms with van der Waals surface area (Å²) in [6.45, 7) is 6.61. The fraction of sp³-hybridized carbons (Fsp3) is 0.500. The number of ether oxygens (including phenoxy) is 1. The molecule has 0 amide bonds. The lowest BCUT2D eigenvalue weighted by Crippen LogP contribution is -2.12. The van der Waals surface area contributed by atoms with E-state index in [0.717, 1.165) is 11.3 Å². The van der Waals surface area contributed by atoms with Crippen LogP contribution in [0.1, 0.15) is 26.3 Å². The summed E-state index contributed by atoms with van der Waals surface area (Å²) in [6, 6.07) is 7.64. The third-order valence-corrected chi connectivity index (χ3v) is 2.47. The molecule has 3 nitrogen and oxygen atoms in total. The minimum Gasteiger partial charge on any atom is -0.493 e. The van der Waals surface area contributed by atoms with Crippen molar-refractivity contribution in [1.82, 2.24) is 0 Å². The lowest BCUT2D eigenvalue weighted by Gasteiger charge is -2.10. The Labute approximate surface area is 102 Å². The van der Waals surface area contributed by atoms with Crippen molar-refractivity contribution in [3.8, 4) is 5.75 Å². The predicted molar refractivity (Wildman–Crippen MR) is 67.3 cm³/mol. The highest BCUT2D eigenvalue weighted by Crippen LogP contribution is 2.15. The minimum absolute atomic E-state index is 0.350. The number of benzene rings is 1. The van der Waals surface area contributed by atoms with E-state index in [-0.39, 0.29) is 5.92 Å². The molecule has 1 atom stereocenters. The van der Waals surface area contributed by atoms with Crippen molar-refractivity contribution in [3.05, 3.63) is 29.8 Å². The molecule has 0 saturated heterocycles. The molecule has 0 spiro atoms. The van der Waals surface area contributed by atoms with E-state index in [4.69, 9.17) is 9.84 Å². The highest BCUT2D eigenvalue weighted by molar-refractivity contribution is 5.69. The number of hydrogen-bond acceptors (Lipinski definition) is 2. The monoisotopic (exact) mass is 236 g/mol. The Hall–Kier alpha value is -1.51. The summed E-state index contributed by atoms with van der Waals surface area (Å²) < 4.78 is 5.56. The second-order valence-electron chi connectivity index (χ2n) is 4.79. The third-order valence-electron chi connectivity index (χ3n) is 2.47. The molecule has 1 aromatic carbocycles. The number of carbonyl (C=O) groups is 1. The van der Waals surface area contributed by atoms with Crippen molar-refractivity contribution in [1.29, 1.82) is 0 Å². The van der Waals surface area contributed by atoms with Gasteiger partial charge in [-0.25, -0.2) is 0 Å². The van der Waals surface area contributed by atoms with Crippen LogP contribution in [0, 0.1) is 11.8 Å². The molecule has 0 aromatic heterocycles. The summed E-state index contributed by atoms with van der Waals surface area (Å²) >= 11 is 0. The molecule has 0 fully saturated rings. The van der Waals surface area contributed by atoms with Crippen LogP contribution in [0.25, 0.3) is 0 Å². The molecule has 0 heterocycles. The number of carboxylic acid groups (broad SMARTS) is 1. The van der Waals surface area contributed by atoms with Gasteiger partial charge in [-0.15, -0.1) is 0 Å². The van der Waals surface area contributed by atoms with Crippen LogP contribution in [-0.2, 0) is 11.2 Å². The Morgan fingerprint density at radius 1 is 1.24 bits per heavy atom. The number of hydrogen-bond donors (Lipinski definition) is 1. The Bertz CT molecular complexity index is 354. The first-order chi connectivity index (χ1) is 7.99. The van der Waals surface area contributed by atoms with Crippen LogP contribution in [0.15, 0.2) is 24.3 Å². The summed E-state index contributed by atoms with van der Waals surface area (Å²) in [7, 11) is 0. The van der Waals surface area contributed by atoms with E-state index in [2.05, 4.69) is 13.8 Å². The van der Waals surface area contributed by atoms with Gasteiger partial charge in [0.1, 0.15) is 5.75 Å². The second-order valence-corrected chi connectivity index (χ2v) is 4.79. The van der Waals surface area contributed by atoms with Crippen LogP contribution in [-0.4, -0.2) is 17.7 Å². The molecule has 0 saturated carbocycles. The van der Waals surface area contributed by atoms with E-state index < -0.39 is 5.97 Å². The van der Waals surface area contributed by atoms with Crippen LogP contribution in [0.4, 0.5) is 0 Å². The van der Waals surface area contributed by atoms with Crippen LogP contribution >= 0.6 is 0 Å². The van der Waals surface area contributed by atoms with Crippen LogP contribution in [0.5, 0.6) is 5.75 Å². The van der Waals surface area contributed by atoms with Gasteiger partial charge in [-0.05, 0) is 30.0 Å². The maximum Gasteiger partial charge on any atom is 0.306 e. The quantitative estimate of drug-likeness (QED) is 0.826. The minimum atomic E-state index is -0.759. The molecule has 1 rings (SSSR count). The molecule has 3 heteroatoms. The first-order valence-corrected chi connectivity index (χ1v) is 5.93. The van der Waals surface area contributed by atoms with Gasteiger partial charge in [0.05, 0.1) is 12.5 Å². The SMILES string of the molecule is CC(C)COc1ccc(CC(C)C(=O)O)cc1. The summed E-state index contributed by atoms with van der Waals surface area (Å²) in [5.74, 6) is 0.231.